The number of rotatable bonds is 5. The zero-order chi connectivity index (χ0) is 13.8. The molecule has 0 amide bonds. The van der Waals surface area contributed by atoms with Crippen molar-refractivity contribution in [3.63, 3.8) is 0 Å². The van der Waals surface area contributed by atoms with Gasteiger partial charge in [0.05, 0.1) is 22.2 Å². The fourth-order valence-corrected chi connectivity index (χ4v) is 3.09. The normalized spacial score (nSPS) is 12.7. The summed E-state index contributed by atoms with van der Waals surface area (Å²) in [6.45, 7) is 1.80. The lowest BCUT2D eigenvalue weighted by Crippen LogP contribution is -2.13. The first-order valence-corrected chi connectivity index (χ1v) is 7.88. The summed E-state index contributed by atoms with van der Waals surface area (Å²) in [5, 5.41) is 0.395. The van der Waals surface area contributed by atoms with Gasteiger partial charge in [-0.25, -0.2) is 13.4 Å². The average Bonchev–Trinajstić information content (AvgIpc) is 2.28. The smallest absolute Gasteiger partial charge is 0.180 e. The monoisotopic (exact) mass is 308 g/mol. The third kappa shape index (κ3) is 3.86. The summed E-state index contributed by atoms with van der Waals surface area (Å²) in [6, 6.07) is 4.41. The Hall–Kier alpha value is -0.780. The number of sulfone groups is 1. The van der Waals surface area contributed by atoms with Crippen LogP contribution >= 0.6 is 23.2 Å². The van der Waals surface area contributed by atoms with Crippen LogP contribution in [0.1, 0.15) is 13.3 Å². The van der Waals surface area contributed by atoms with Gasteiger partial charge in [0.25, 0.3) is 0 Å². The molecule has 7 heteroatoms. The SMILES string of the molecule is CCCS(=O)(=O)c1ccc(Cl)cc1N=C(N)CCl. The van der Waals surface area contributed by atoms with Crippen molar-refractivity contribution in [2.24, 2.45) is 10.7 Å². The summed E-state index contributed by atoms with van der Waals surface area (Å²) in [6.07, 6.45) is 0.527. The van der Waals surface area contributed by atoms with Crippen molar-refractivity contribution in [1.82, 2.24) is 0 Å². The topological polar surface area (TPSA) is 72.5 Å². The Morgan fingerprint density at radius 1 is 1.44 bits per heavy atom. The summed E-state index contributed by atoms with van der Waals surface area (Å²) in [7, 11) is -3.38. The van der Waals surface area contributed by atoms with Gasteiger partial charge in [-0.15, -0.1) is 11.6 Å². The quantitative estimate of drug-likeness (QED) is 0.516. The molecule has 0 aliphatic heterocycles. The van der Waals surface area contributed by atoms with E-state index in [1.165, 1.54) is 18.2 Å². The first-order valence-electron chi connectivity index (χ1n) is 5.32. The van der Waals surface area contributed by atoms with Crippen LogP contribution in [-0.2, 0) is 9.84 Å². The minimum Gasteiger partial charge on any atom is -0.386 e. The Morgan fingerprint density at radius 3 is 2.67 bits per heavy atom. The lowest BCUT2D eigenvalue weighted by atomic mass is 10.3. The molecule has 18 heavy (non-hydrogen) atoms. The van der Waals surface area contributed by atoms with Crippen LogP contribution < -0.4 is 5.73 Å². The highest BCUT2D eigenvalue weighted by Crippen LogP contribution is 2.29. The molecule has 0 saturated heterocycles. The Balaban J connectivity index is 3.37. The van der Waals surface area contributed by atoms with Crippen LogP contribution in [0, 0.1) is 0 Å². The van der Waals surface area contributed by atoms with Crippen molar-refractivity contribution in [1.29, 1.82) is 0 Å². The van der Waals surface area contributed by atoms with E-state index in [1.54, 1.807) is 6.92 Å². The number of hydrogen-bond donors (Lipinski definition) is 1. The molecule has 4 nitrogen and oxygen atoms in total. The molecule has 1 rings (SSSR count). The predicted octanol–water partition coefficient (Wildman–Crippen LogP) is 2.75. The minimum absolute atomic E-state index is 0.0276. The van der Waals surface area contributed by atoms with E-state index in [2.05, 4.69) is 4.99 Å². The minimum atomic E-state index is -3.38. The van der Waals surface area contributed by atoms with E-state index >= 15 is 0 Å². The summed E-state index contributed by atoms with van der Waals surface area (Å²) < 4.78 is 24.1. The Morgan fingerprint density at radius 2 is 2.11 bits per heavy atom. The highest BCUT2D eigenvalue weighted by atomic mass is 35.5. The molecular formula is C11H14Cl2N2O2S. The maximum Gasteiger partial charge on any atom is 0.180 e. The fraction of sp³-hybridized carbons (Fsp3) is 0.364. The van der Waals surface area contributed by atoms with E-state index < -0.39 is 9.84 Å². The summed E-state index contributed by atoms with van der Waals surface area (Å²) in [5.74, 6) is 0.226. The maximum atomic E-state index is 12.0. The van der Waals surface area contributed by atoms with Gasteiger partial charge >= 0.3 is 0 Å². The van der Waals surface area contributed by atoms with Gasteiger partial charge in [0.15, 0.2) is 9.84 Å². The molecule has 0 aliphatic rings. The molecule has 2 N–H and O–H groups in total. The van der Waals surface area contributed by atoms with Crippen molar-refractivity contribution < 1.29 is 8.42 Å². The van der Waals surface area contributed by atoms with Crippen LogP contribution in [-0.4, -0.2) is 25.9 Å². The van der Waals surface area contributed by atoms with E-state index in [9.17, 15) is 8.42 Å². The summed E-state index contributed by atoms with van der Waals surface area (Å²) in [4.78, 5) is 4.11. The molecule has 0 aromatic heterocycles. The lowest BCUT2D eigenvalue weighted by molar-refractivity contribution is 0.595. The second-order valence-corrected chi connectivity index (χ2v) is 6.45. The Kier molecular flexibility index (Phi) is 5.44. The number of hydrogen-bond acceptors (Lipinski definition) is 3. The van der Waals surface area contributed by atoms with Crippen LogP contribution in [0.3, 0.4) is 0 Å². The van der Waals surface area contributed by atoms with E-state index in [0.717, 1.165) is 0 Å². The number of alkyl halides is 1. The Bertz CT molecular complexity index is 556. The molecule has 0 bridgehead atoms. The van der Waals surface area contributed by atoms with Gasteiger partial charge < -0.3 is 5.73 Å². The fourth-order valence-electron chi connectivity index (χ4n) is 1.40. The number of nitrogens with two attached hydrogens (primary N) is 1. The molecule has 0 spiro atoms. The van der Waals surface area contributed by atoms with Gasteiger partial charge in [0.1, 0.15) is 5.84 Å². The number of halogens is 2. The maximum absolute atomic E-state index is 12.0. The number of aliphatic imine (C=N–C) groups is 1. The van der Waals surface area contributed by atoms with Gasteiger partial charge in [0.2, 0.25) is 0 Å². The highest BCUT2D eigenvalue weighted by Gasteiger charge is 2.18. The Labute approximate surface area is 117 Å². The number of amidine groups is 1. The average molecular weight is 309 g/mol. The molecule has 1 aromatic carbocycles. The molecule has 100 valence electrons. The molecule has 0 heterocycles. The van der Waals surface area contributed by atoms with Gasteiger partial charge in [-0.1, -0.05) is 18.5 Å². The zero-order valence-electron chi connectivity index (χ0n) is 9.86. The van der Waals surface area contributed by atoms with Crippen LogP contribution in [0.4, 0.5) is 5.69 Å². The second-order valence-electron chi connectivity index (χ2n) is 3.67. The first kappa shape index (κ1) is 15.3. The molecule has 0 atom stereocenters. The van der Waals surface area contributed by atoms with Crippen LogP contribution in [0.25, 0.3) is 0 Å². The first-order chi connectivity index (χ1) is 8.40. The van der Waals surface area contributed by atoms with Crippen molar-refractivity contribution >= 4 is 44.6 Å². The molecule has 1 aromatic rings. The molecule has 0 saturated carbocycles. The third-order valence-electron chi connectivity index (χ3n) is 2.13. The number of nitrogens with zero attached hydrogens (tertiary/aromatic N) is 1. The van der Waals surface area contributed by atoms with Crippen molar-refractivity contribution in [2.75, 3.05) is 11.6 Å². The molecule has 0 unspecified atom stereocenters. The van der Waals surface area contributed by atoms with Gasteiger partial charge in [-0.3, -0.25) is 0 Å². The standard InChI is InChI=1S/C11H14Cl2N2O2S/c1-2-5-18(16,17)10-4-3-8(13)6-9(10)15-11(14)7-12/h3-4,6H,2,5,7H2,1H3,(H2,14,15). The van der Waals surface area contributed by atoms with Crippen LogP contribution in [0.5, 0.6) is 0 Å². The van der Waals surface area contributed by atoms with E-state index in [-0.39, 0.29) is 28.1 Å². The summed E-state index contributed by atoms with van der Waals surface area (Å²) in [5.41, 5.74) is 5.75. The van der Waals surface area contributed by atoms with E-state index in [4.69, 9.17) is 28.9 Å². The summed E-state index contributed by atoms with van der Waals surface area (Å²) >= 11 is 11.4. The predicted molar refractivity (Wildman–Crippen MR) is 75.8 cm³/mol. The van der Waals surface area contributed by atoms with Gasteiger partial charge in [0, 0.05) is 5.02 Å². The molecular weight excluding hydrogens is 295 g/mol. The highest BCUT2D eigenvalue weighted by molar-refractivity contribution is 7.91. The van der Waals surface area contributed by atoms with Gasteiger partial charge in [-0.05, 0) is 24.6 Å². The molecule has 0 radical (unpaired) electrons. The van der Waals surface area contributed by atoms with Crippen LogP contribution in [0.15, 0.2) is 28.1 Å². The molecule has 0 fully saturated rings. The second kappa shape index (κ2) is 6.41. The molecule has 0 aliphatic carbocycles. The van der Waals surface area contributed by atoms with E-state index in [0.29, 0.717) is 11.4 Å². The van der Waals surface area contributed by atoms with Crippen molar-refractivity contribution in [3.05, 3.63) is 23.2 Å². The third-order valence-corrected chi connectivity index (χ3v) is 4.60. The zero-order valence-corrected chi connectivity index (χ0v) is 12.2. The van der Waals surface area contributed by atoms with E-state index in [1.807, 2.05) is 0 Å². The number of benzene rings is 1. The van der Waals surface area contributed by atoms with Crippen molar-refractivity contribution in [3.8, 4) is 0 Å². The van der Waals surface area contributed by atoms with Crippen molar-refractivity contribution in [2.45, 2.75) is 18.2 Å². The van der Waals surface area contributed by atoms with Gasteiger partial charge in [-0.2, -0.15) is 0 Å². The largest absolute Gasteiger partial charge is 0.386 e. The van der Waals surface area contributed by atoms with Crippen LogP contribution in [0.2, 0.25) is 5.02 Å². The lowest BCUT2D eigenvalue weighted by Gasteiger charge is -2.07.